The fraction of sp³-hybridized carbons (Fsp3) is 0. The lowest BCUT2D eigenvalue weighted by Crippen LogP contribution is -2.14. The topological polar surface area (TPSA) is 80.7 Å². The largest absolute Gasteiger partial charge is 0.449 e. The number of rotatable bonds is 3. The number of amidine groups is 1. The van der Waals surface area contributed by atoms with Gasteiger partial charge in [0.15, 0.2) is 23.2 Å². The van der Waals surface area contributed by atoms with Crippen molar-refractivity contribution in [2.75, 3.05) is 0 Å². The number of pyridine rings is 1. The number of hydrogen-bond donors (Lipinski definition) is 2. The normalized spacial score (nSPS) is 11.4. The number of nitrogens with zero attached hydrogens (tertiary/aromatic N) is 2. The predicted molar refractivity (Wildman–Crippen MR) is 68.2 cm³/mol. The second kappa shape index (κ2) is 5.70. The second-order valence-corrected chi connectivity index (χ2v) is 4.13. The fourth-order valence-electron chi connectivity index (χ4n) is 1.43. The van der Waals surface area contributed by atoms with Gasteiger partial charge in [0.25, 0.3) is 0 Å². The van der Waals surface area contributed by atoms with Crippen LogP contribution >= 0.6 is 11.6 Å². The SMILES string of the molecule is N/C(=N/O)c1cc(F)c(Oc2cncc(Cl)c2)c(F)c1. The van der Waals surface area contributed by atoms with E-state index in [9.17, 15) is 8.78 Å². The van der Waals surface area contributed by atoms with Crippen LogP contribution in [0.25, 0.3) is 0 Å². The zero-order valence-electron chi connectivity index (χ0n) is 9.85. The minimum absolute atomic E-state index is 0.0758. The van der Waals surface area contributed by atoms with Gasteiger partial charge in [-0.05, 0) is 12.1 Å². The van der Waals surface area contributed by atoms with Crippen LogP contribution in [0.4, 0.5) is 8.78 Å². The molecule has 3 N–H and O–H groups in total. The van der Waals surface area contributed by atoms with Gasteiger partial charge in [-0.3, -0.25) is 4.98 Å². The monoisotopic (exact) mass is 299 g/mol. The zero-order valence-corrected chi connectivity index (χ0v) is 10.6. The number of ether oxygens (including phenoxy) is 1. The molecule has 0 atom stereocenters. The van der Waals surface area contributed by atoms with Gasteiger partial charge in [-0.25, -0.2) is 8.78 Å². The van der Waals surface area contributed by atoms with E-state index >= 15 is 0 Å². The molecule has 1 heterocycles. The molecule has 0 aliphatic carbocycles. The average molecular weight is 300 g/mol. The second-order valence-electron chi connectivity index (χ2n) is 3.70. The number of halogens is 3. The molecule has 5 nitrogen and oxygen atoms in total. The maximum Gasteiger partial charge on any atom is 0.198 e. The van der Waals surface area contributed by atoms with Crippen molar-refractivity contribution >= 4 is 17.4 Å². The number of aromatic nitrogens is 1. The van der Waals surface area contributed by atoms with E-state index in [4.69, 9.17) is 27.3 Å². The van der Waals surface area contributed by atoms with Crippen LogP contribution < -0.4 is 10.5 Å². The fourth-order valence-corrected chi connectivity index (χ4v) is 1.59. The summed E-state index contributed by atoms with van der Waals surface area (Å²) < 4.78 is 32.6. The van der Waals surface area contributed by atoms with Crippen molar-refractivity contribution in [3.05, 3.63) is 52.8 Å². The highest BCUT2D eigenvalue weighted by atomic mass is 35.5. The molecule has 2 aromatic rings. The van der Waals surface area contributed by atoms with Crippen LogP contribution in [0.5, 0.6) is 11.5 Å². The van der Waals surface area contributed by atoms with Crippen LogP contribution in [0.2, 0.25) is 5.02 Å². The third-order valence-electron chi connectivity index (χ3n) is 2.30. The molecule has 0 radical (unpaired) electrons. The first-order chi connectivity index (χ1) is 9.51. The van der Waals surface area contributed by atoms with Crippen LogP contribution in [0.15, 0.2) is 35.7 Å². The van der Waals surface area contributed by atoms with Gasteiger partial charge in [0.05, 0.1) is 11.2 Å². The highest BCUT2D eigenvalue weighted by Gasteiger charge is 2.15. The summed E-state index contributed by atoms with van der Waals surface area (Å²) in [6, 6.07) is 3.11. The zero-order chi connectivity index (χ0) is 14.7. The smallest absolute Gasteiger partial charge is 0.198 e. The first-order valence-electron chi connectivity index (χ1n) is 5.26. The van der Waals surface area contributed by atoms with E-state index in [0.717, 1.165) is 12.1 Å². The Morgan fingerprint density at radius 1 is 1.25 bits per heavy atom. The van der Waals surface area contributed by atoms with Gasteiger partial charge in [-0.2, -0.15) is 0 Å². The molecule has 0 saturated carbocycles. The third kappa shape index (κ3) is 2.94. The predicted octanol–water partition coefficient (Wildman–Crippen LogP) is 2.90. The molecular weight excluding hydrogens is 292 g/mol. The van der Waals surface area contributed by atoms with Gasteiger partial charge in [0.1, 0.15) is 5.75 Å². The molecule has 0 aliphatic heterocycles. The van der Waals surface area contributed by atoms with E-state index < -0.39 is 23.2 Å². The minimum atomic E-state index is -1.01. The molecule has 8 heteroatoms. The minimum Gasteiger partial charge on any atom is -0.449 e. The van der Waals surface area contributed by atoms with E-state index in [0.29, 0.717) is 0 Å². The Kier molecular flexibility index (Phi) is 3.99. The Labute approximate surface area is 117 Å². The summed E-state index contributed by atoms with van der Waals surface area (Å²) in [7, 11) is 0. The number of hydrogen-bond acceptors (Lipinski definition) is 4. The molecule has 20 heavy (non-hydrogen) atoms. The highest BCUT2D eigenvalue weighted by molar-refractivity contribution is 6.30. The van der Waals surface area contributed by atoms with E-state index in [-0.39, 0.29) is 16.3 Å². The lowest BCUT2D eigenvalue weighted by molar-refractivity contribution is 0.318. The quantitative estimate of drug-likeness (QED) is 0.395. The Bertz CT molecular complexity index is 656. The van der Waals surface area contributed by atoms with E-state index in [1.165, 1.54) is 18.5 Å². The Hall–Kier alpha value is -2.41. The Morgan fingerprint density at radius 2 is 1.90 bits per heavy atom. The van der Waals surface area contributed by atoms with E-state index in [1.54, 1.807) is 0 Å². The summed E-state index contributed by atoms with van der Waals surface area (Å²) in [5.41, 5.74) is 5.14. The molecule has 0 saturated heterocycles. The van der Waals surface area contributed by atoms with Crippen molar-refractivity contribution in [2.45, 2.75) is 0 Å². The summed E-state index contributed by atoms with van der Waals surface area (Å²) in [6.07, 6.45) is 2.60. The summed E-state index contributed by atoms with van der Waals surface area (Å²) in [5.74, 6) is -2.99. The van der Waals surface area contributed by atoms with Crippen LogP contribution in [0.3, 0.4) is 0 Å². The molecule has 1 aromatic carbocycles. The maximum absolute atomic E-state index is 13.8. The Balaban J connectivity index is 2.38. The number of oxime groups is 1. The average Bonchev–Trinajstić information content (AvgIpc) is 2.42. The molecule has 0 amide bonds. The van der Waals surface area contributed by atoms with E-state index in [1.807, 2.05) is 0 Å². The third-order valence-corrected chi connectivity index (χ3v) is 2.51. The van der Waals surface area contributed by atoms with E-state index in [2.05, 4.69) is 10.1 Å². The van der Waals surface area contributed by atoms with Crippen LogP contribution in [0.1, 0.15) is 5.56 Å². The van der Waals surface area contributed by atoms with Crippen molar-refractivity contribution in [3.63, 3.8) is 0 Å². The van der Waals surface area contributed by atoms with Crippen molar-refractivity contribution < 1.29 is 18.7 Å². The lowest BCUT2D eigenvalue weighted by atomic mass is 10.2. The van der Waals surface area contributed by atoms with Crippen molar-refractivity contribution in [1.82, 2.24) is 4.98 Å². The van der Waals surface area contributed by atoms with Gasteiger partial charge in [0.2, 0.25) is 0 Å². The van der Waals surface area contributed by atoms with Crippen LogP contribution in [-0.2, 0) is 0 Å². The number of nitrogens with two attached hydrogens (primary N) is 1. The van der Waals surface area contributed by atoms with Crippen LogP contribution in [0, 0.1) is 11.6 Å². The molecule has 0 fully saturated rings. The highest BCUT2D eigenvalue weighted by Crippen LogP contribution is 2.29. The first-order valence-corrected chi connectivity index (χ1v) is 5.64. The molecule has 104 valence electrons. The first kappa shape index (κ1) is 14.0. The molecule has 2 rings (SSSR count). The summed E-state index contributed by atoms with van der Waals surface area (Å²) >= 11 is 5.69. The molecule has 0 spiro atoms. The lowest BCUT2D eigenvalue weighted by Gasteiger charge is -2.09. The number of benzene rings is 1. The van der Waals surface area contributed by atoms with Crippen LogP contribution in [-0.4, -0.2) is 16.0 Å². The Morgan fingerprint density at radius 3 is 2.45 bits per heavy atom. The van der Waals surface area contributed by atoms with Gasteiger partial charge >= 0.3 is 0 Å². The molecular formula is C12H8ClF2N3O2. The van der Waals surface area contributed by atoms with Crippen molar-refractivity contribution in [1.29, 1.82) is 0 Å². The maximum atomic E-state index is 13.8. The molecule has 0 unspecified atom stereocenters. The van der Waals surface area contributed by atoms with Gasteiger partial charge < -0.3 is 15.7 Å². The summed E-state index contributed by atoms with van der Waals surface area (Å²) in [6.45, 7) is 0. The van der Waals surface area contributed by atoms with Gasteiger partial charge in [-0.15, -0.1) is 0 Å². The molecule has 1 aromatic heterocycles. The van der Waals surface area contributed by atoms with Crippen molar-refractivity contribution in [2.24, 2.45) is 10.9 Å². The standard InChI is InChI=1S/C12H8ClF2N3O2/c13-7-3-8(5-17-4-7)20-11-9(14)1-6(2-10(11)15)12(16)18-19/h1-5,19H,(H2,16,18). The summed E-state index contributed by atoms with van der Waals surface area (Å²) in [4.78, 5) is 3.72. The molecule has 0 bridgehead atoms. The molecule has 0 aliphatic rings. The van der Waals surface area contributed by atoms with Gasteiger partial charge in [0, 0.05) is 17.8 Å². The summed E-state index contributed by atoms with van der Waals surface area (Å²) in [5, 5.41) is 11.4. The van der Waals surface area contributed by atoms with Gasteiger partial charge in [-0.1, -0.05) is 16.8 Å². The van der Waals surface area contributed by atoms with Crippen molar-refractivity contribution in [3.8, 4) is 11.5 Å².